The maximum atomic E-state index is 10.4. The van der Waals surface area contributed by atoms with Crippen molar-refractivity contribution < 1.29 is 10.2 Å². The van der Waals surface area contributed by atoms with Crippen molar-refractivity contribution in [2.24, 2.45) is 22.7 Å². The fraction of sp³-hybridized carbons (Fsp3) is 0.895. The van der Waals surface area contributed by atoms with Gasteiger partial charge in [-0.15, -0.1) is 0 Å². The van der Waals surface area contributed by atoms with Crippen LogP contribution in [-0.2, 0) is 0 Å². The molecule has 2 saturated carbocycles. The summed E-state index contributed by atoms with van der Waals surface area (Å²) in [6.45, 7) is 4.81. The number of allylic oxidation sites excluding steroid dienone is 2. The Hall–Kier alpha value is -0.340. The summed E-state index contributed by atoms with van der Waals surface area (Å²) in [5.74, 6) is 1.33. The molecule has 0 amide bonds. The Morgan fingerprint density at radius 3 is 2.57 bits per heavy atom. The van der Waals surface area contributed by atoms with Crippen LogP contribution in [0.2, 0.25) is 0 Å². The Bertz CT molecular complexity index is 482. The summed E-state index contributed by atoms with van der Waals surface area (Å²) < 4.78 is 0. The fourth-order valence-corrected chi connectivity index (χ4v) is 6.41. The van der Waals surface area contributed by atoms with Crippen molar-refractivity contribution in [2.45, 2.75) is 83.8 Å². The summed E-state index contributed by atoms with van der Waals surface area (Å²) in [7, 11) is 0. The van der Waals surface area contributed by atoms with Gasteiger partial charge in [0.25, 0.3) is 0 Å². The molecular formula is C19H30O2. The van der Waals surface area contributed by atoms with Crippen molar-refractivity contribution in [3.8, 4) is 0 Å². The first-order valence-electron chi connectivity index (χ1n) is 9.03. The SMILES string of the molecule is C[C@]12CCC3=C(CCC4C[C@@H](O)CC[C@]34C)[C@@H]1CC[C@@H]2O. The van der Waals surface area contributed by atoms with Crippen LogP contribution < -0.4 is 0 Å². The van der Waals surface area contributed by atoms with Crippen LogP contribution >= 0.6 is 0 Å². The lowest BCUT2D eigenvalue weighted by molar-refractivity contribution is 0.00233. The summed E-state index contributed by atoms with van der Waals surface area (Å²) >= 11 is 0. The topological polar surface area (TPSA) is 40.5 Å². The number of hydrogen-bond acceptors (Lipinski definition) is 2. The van der Waals surface area contributed by atoms with Crippen LogP contribution in [0.5, 0.6) is 0 Å². The second-order valence-corrected chi connectivity index (χ2v) is 8.74. The van der Waals surface area contributed by atoms with Crippen molar-refractivity contribution in [1.82, 2.24) is 0 Å². The van der Waals surface area contributed by atoms with Gasteiger partial charge in [-0.05, 0) is 75.0 Å². The molecule has 0 radical (unpaired) electrons. The predicted octanol–water partition coefficient (Wildman–Crippen LogP) is 3.82. The van der Waals surface area contributed by atoms with Gasteiger partial charge in [0.2, 0.25) is 0 Å². The van der Waals surface area contributed by atoms with Crippen LogP contribution in [0.1, 0.15) is 71.6 Å². The van der Waals surface area contributed by atoms with Crippen LogP contribution in [0.25, 0.3) is 0 Å². The Kier molecular flexibility index (Phi) is 3.11. The molecule has 21 heavy (non-hydrogen) atoms. The zero-order chi connectivity index (χ0) is 14.8. The van der Waals surface area contributed by atoms with Crippen molar-refractivity contribution in [2.75, 3.05) is 0 Å². The van der Waals surface area contributed by atoms with E-state index in [0.29, 0.717) is 17.3 Å². The highest BCUT2D eigenvalue weighted by Gasteiger charge is 2.54. The molecule has 118 valence electrons. The molecule has 2 N–H and O–H groups in total. The number of hydrogen-bond donors (Lipinski definition) is 2. The first kappa shape index (κ1) is 14.3. The smallest absolute Gasteiger partial charge is 0.0599 e. The van der Waals surface area contributed by atoms with E-state index >= 15 is 0 Å². The monoisotopic (exact) mass is 290 g/mol. The summed E-state index contributed by atoms with van der Waals surface area (Å²) in [6, 6.07) is 0. The lowest BCUT2D eigenvalue weighted by Gasteiger charge is -2.54. The standard InChI is InChI=1S/C19H30O2/c1-18-9-7-13(20)11-12(18)3-4-14-15-5-6-17(21)19(15,2)10-8-16(14)18/h12-13,15,17,20-21H,3-11H2,1-2H3/t12?,13-,15-,17-,18-,19-/m0/s1. The fourth-order valence-electron chi connectivity index (χ4n) is 6.41. The van der Waals surface area contributed by atoms with E-state index in [-0.39, 0.29) is 17.6 Å². The van der Waals surface area contributed by atoms with Gasteiger partial charge in [0, 0.05) is 5.41 Å². The largest absolute Gasteiger partial charge is 0.393 e. The minimum absolute atomic E-state index is 0.0626. The number of aliphatic hydroxyl groups excluding tert-OH is 2. The van der Waals surface area contributed by atoms with Crippen LogP contribution in [0, 0.1) is 22.7 Å². The first-order valence-corrected chi connectivity index (χ1v) is 9.03. The van der Waals surface area contributed by atoms with Crippen molar-refractivity contribution in [3.05, 3.63) is 11.1 Å². The predicted molar refractivity (Wildman–Crippen MR) is 83.8 cm³/mol. The van der Waals surface area contributed by atoms with Crippen LogP contribution in [-0.4, -0.2) is 22.4 Å². The molecule has 0 saturated heterocycles. The highest BCUT2D eigenvalue weighted by molar-refractivity contribution is 5.34. The van der Waals surface area contributed by atoms with Gasteiger partial charge in [0.1, 0.15) is 0 Å². The quantitative estimate of drug-likeness (QED) is 0.666. The molecule has 0 aromatic rings. The van der Waals surface area contributed by atoms with E-state index in [1.807, 2.05) is 0 Å². The number of rotatable bonds is 0. The molecule has 4 aliphatic rings. The molecule has 1 unspecified atom stereocenters. The Balaban J connectivity index is 1.73. The van der Waals surface area contributed by atoms with Crippen molar-refractivity contribution in [1.29, 1.82) is 0 Å². The van der Waals surface area contributed by atoms with Gasteiger partial charge < -0.3 is 10.2 Å². The first-order chi connectivity index (χ1) is 9.95. The molecular weight excluding hydrogens is 260 g/mol. The van der Waals surface area contributed by atoms with E-state index in [4.69, 9.17) is 0 Å². The molecule has 0 spiro atoms. The molecule has 4 rings (SSSR count). The van der Waals surface area contributed by atoms with E-state index < -0.39 is 0 Å². The lowest BCUT2D eigenvalue weighted by Crippen LogP contribution is -2.45. The van der Waals surface area contributed by atoms with Gasteiger partial charge in [-0.1, -0.05) is 25.0 Å². The third-order valence-corrected chi connectivity index (χ3v) is 7.91. The summed E-state index contributed by atoms with van der Waals surface area (Å²) in [5.41, 5.74) is 3.98. The minimum Gasteiger partial charge on any atom is -0.393 e. The molecule has 0 heterocycles. The molecule has 2 nitrogen and oxygen atoms in total. The Morgan fingerprint density at radius 1 is 0.952 bits per heavy atom. The third kappa shape index (κ3) is 1.84. The van der Waals surface area contributed by atoms with Gasteiger partial charge in [-0.2, -0.15) is 0 Å². The lowest BCUT2D eigenvalue weighted by atomic mass is 9.51. The molecule has 4 aliphatic carbocycles. The van der Waals surface area contributed by atoms with E-state index in [2.05, 4.69) is 13.8 Å². The van der Waals surface area contributed by atoms with Gasteiger partial charge >= 0.3 is 0 Å². The molecule has 0 aromatic carbocycles. The van der Waals surface area contributed by atoms with E-state index in [0.717, 1.165) is 19.3 Å². The van der Waals surface area contributed by atoms with Gasteiger partial charge in [-0.25, -0.2) is 0 Å². The van der Waals surface area contributed by atoms with Crippen LogP contribution in [0.3, 0.4) is 0 Å². The minimum atomic E-state index is -0.0877. The maximum Gasteiger partial charge on any atom is 0.0599 e. The highest BCUT2D eigenvalue weighted by Crippen LogP contribution is 2.63. The maximum absolute atomic E-state index is 10.4. The highest BCUT2D eigenvalue weighted by atomic mass is 16.3. The zero-order valence-corrected chi connectivity index (χ0v) is 13.6. The number of fused-ring (bicyclic) bond motifs is 4. The average molecular weight is 290 g/mol. The van der Waals surface area contributed by atoms with Crippen molar-refractivity contribution in [3.63, 3.8) is 0 Å². The van der Waals surface area contributed by atoms with Crippen LogP contribution in [0.4, 0.5) is 0 Å². The molecule has 6 atom stereocenters. The molecule has 0 aliphatic heterocycles. The summed E-state index contributed by atoms with van der Waals surface area (Å²) in [6.07, 6.45) is 10.1. The van der Waals surface area contributed by atoms with E-state index in [1.54, 1.807) is 11.1 Å². The van der Waals surface area contributed by atoms with E-state index in [1.165, 1.54) is 38.5 Å². The van der Waals surface area contributed by atoms with Gasteiger partial charge in [0.15, 0.2) is 0 Å². The summed E-state index contributed by atoms with van der Waals surface area (Å²) in [4.78, 5) is 0. The third-order valence-electron chi connectivity index (χ3n) is 7.91. The Morgan fingerprint density at radius 2 is 1.76 bits per heavy atom. The second kappa shape index (κ2) is 4.58. The number of aliphatic hydroxyl groups is 2. The van der Waals surface area contributed by atoms with E-state index in [9.17, 15) is 10.2 Å². The van der Waals surface area contributed by atoms with Crippen LogP contribution in [0.15, 0.2) is 11.1 Å². The van der Waals surface area contributed by atoms with Gasteiger partial charge in [0.05, 0.1) is 12.2 Å². The van der Waals surface area contributed by atoms with Crippen molar-refractivity contribution >= 4 is 0 Å². The molecule has 0 aromatic heterocycles. The molecule has 2 heteroatoms. The average Bonchev–Trinajstić information content (AvgIpc) is 2.76. The molecule has 2 fully saturated rings. The molecule has 0 bridgehead atoms. The zero-order valence-electron chi connectivity index (χ0n) is 13.6. The second-order valence-electron chi connectivity index (χ2n) is 8.74. The normalized spacial score (nSPS) is 53.1. The van der Waals surface area contributed by atoms with Gasteiger partial charge in [-0.3, -0.25) is 0 Å². The summed E-state index contributed by atoms with van der Waals surface area (Å²) in [5, 5.41) is 20.5. The Labute approximate surface area is 128 Å².